The molecule has 1 amide bonds. The van der Waals surface area contributed by atoms with Crippen LogP contribution in [-0.4, -0.2) is 36.1 Å². The van der Waals surface area contributed by atoms with Gasteiger partial charge >= 0.3 is 11.9 Å². The fourth-order valence-electron chi connectivity index (χ4n) is 1.77. The number of carbonyl (C=O) groups excluding carboxylic acids is 2. The smallest absolute Gasteiger partial charge is 0.326 e. The lowest BCUT2D eigenvalue weighted by Crippen LogP contribution is -2.44. The van der Waals surface area contributed by atoms with E-state index in [-0.39, 0.29) is 17.8 Å². The molecule has 0 fully saturated rings. The van der Waals surface area contributed by atoms with Gasteiger partial charge in [-0.1, -0.05) is 26.7 Å². The maximum Gasteiger partial charge on any atom is 0.326 e. The number of unbranched alkanes of at least 4 members (excludes halogenated alkanes) is 3. The van der Waals surface area contributed by atoms with E-state index in [0.717, 1.165) is 19.3 Å². The first-order valence-electron chi connectivity index (χ1n) is 6.97. The maximum absolute atomic E-state index is 11.6. The van der Waals surface area contributed by atoms with Gasteiger partial charge in [0.1, 0.15) is 6.04 Å². The largest absolute Gasteiger partial charge is 0.480 e. The van der Waals surface area contributed by atoms with Crippen molar-refractivity contribution in [3.63, 3.8) is 0 Å². The summed E-state index contributed by atoms with van der Waals surface area (Å²) in [6, 6.07) is -0.832. The van der Waals surface area contributed by atoms with Crippen molar-refractivity contribution in [3.05, 3.63) is 0 Å². The SMILES string of the molecule is COC(=O)CCCCCCC(=O)N[C@H](C(=O)O)C(C)C. The number of carboxylic acids is 1. The molecule has 6 heteroatoms. The fraction of sp³-hybridized carbons (Fsp3) is 0.786. The van der Waals surface area contributed by atoms with Gasteiger partial charge in [-0.3, -0.25) is 9.59 Å². The van der Waals surface area contributed by atoms with E-state index in [4.69, 9.17) is 5.11 Å². The molecule has 0 aromatic heterocycles. The molecule has 0 saturated carbocycles. The van der Waals surface area contributed by atoms with Crippen molar-refractivity contribution in [1.29, 1.82) is 0 Å². The number of rotatable bonds is 10. The van der Waals surface area contributed by atoms with E-state index >= 15 is 0 Å². The van der Waals surface area contributed by atoms with Crippen molar-refractivity contribution in [2.75, 3.05) is 7.11 Å². The number of esters is 1. The van der Waals surface area contributed by atoms with Gasteiger partial charge in [-0.15, -0.1) is 0 Å². The molecule has 2 N–H and O–H groups in total. The summed E-state index contributed by atoms with van der Waals surface area (Å²) in [5.74, 6) is -1.61. The molecule has 0 spiro atoms. The Morgan fingerprint density at radius 2 is 1.60 bits per heavy atom. The van der Waals surface area contributed by atoms with Crippen LogP contribution in [0.1, 0.15) is 52.4 Å². The zero-order chi connectivity index (χ0) is 15.5. The molecule has 0 bridgehead atoms. The monoisotopic (exact) mass is 287 g/mol. The topological polar surface area (TPSA) is 92.7 Å². The van der Waals surface area contributed by atoms with Gasteiger partial charge in [-0.2, -0.15) is 0 Å². The minimum atomic E-state index is -1.01. The van der Waals surface area contributed by atoms with E-state index in [2.05, 4.69) is 10.1 Å². The third-order valence-corrected chi connectivity index (χ3v) is 3.01. The Morgan fingerprint density at radius 1 is 1.05 bits per heavy atom. The fourth-order valence-corrected chi connectivity index (χ4v) is 1.77. The lowest BCUT2D eigenvalue weighted by molar-refractivity contribution is -0.143. The van der Waals surface area contributed by atoms with Crippen molar-refractivity contribution in [2.45, 2.75) is 58.4 Å². The second-order valence-corrected chi connectivity index (χ2v) is 5.12. The summed E-state index contributed by atoms with van der Waals surface area (Å²) in [6.07, 6.45) is 3.85. The third-order valence-electron chi connectivity index (χ3n) is 3.01. The molecule has 0 aliphatic heterocycles. The van der Waals surface area contributed by atoms with Gasteiger partial charge in [-0.25, -0.2) is 4.79 Å². The van der Waals surface area contributed by atoms with Crippen LogP contribution in [0.3, 0.4) is 0 Å². The first-order chi connectivity index (χ1) is 9.38. The summed E-state index contributed by atoms with van der Waals surface area (Å²) in [7, 11) is 1.36. The number of hydrogen-bond acceptors (Lipinski definition) is 4. The highest BCUT2D eigenvalue weighted by Gasteiger charge is 2.22. The van der Waals surface area contributed by atoms with Crippen LogP contribution in [0.15, 0.2) is 0 Å². The van der Waals surface area contributed by atoms with Gasteiger partial charge in [0.25, 0.3) is 0 Å². The van der Waals surface area contributed by atoms with Gasteiger partial charge in [0.2, 0.25) is 5.91 Å². The lowest BCUT2D eigenvalue weighted by atomic mass is 10.0. The van der Waals surface area contributed by atoms with Gasteiger partial charge in [0.05, 0.1) is 7.11 Å². The average Bonchev–Trinajstić information content (AvgIpc) is 2.38. The quantitative estimate of drug-likeness (QED) is 0.471. The Morgan fingerprint density at radius 3 is 2.05 bits per heavy atom. The summed E-state index contributed by atoms with van der Waals surface area (Å²) >= 11 is 0. The maximum atomic E-state index is 11.6. The minimum Gasteiger partial charge on any atom is -0.480 e. The molecule has 0 saturated heterocycles. The van der Waals surface area contributed by atoms with Crippen molar-refractivity contribution < 1.29 is 24.2 Å². The predicted octanol–water partition coefficient (Wildman–Crippen LogP) is 1.73. The Labute approximate surface area is 119 Å². The second kappa shape index (κ2) is 10.2. The molecule has 0 aliphatic carbocycles. The first kappa shape index (κ1) is 18.4. The molecule has 0 heterocycles. The van der Waals surface area contributed by atoms with Crippen LogP contribution in [-0.2, 0) is 19.1 Å². The van der Waals surface area contributed by atoms with Crippen molar-refractivity contribution in [1.82, 2.24) is 5.32 Å². The van der Waals surface area contributed by atoms with E-state index in [1.165, 1.54) is 7.11 Å². The van der Waals surface area contributed by atoms with Crippen LogP contribution in [0, 0.1) is 5.92 Å². The molecule has 0 aliphatic rings. The van der Waals surface area contributed by atoms with Crippen LogP contribution in [0.4, 0.5) is 0 Å². The summed E-state index contributed by atoms with van der Waals surface area (Å²) in [5.41, 5.74) is 0. The normalized spacial score (nSPS) is 12.0. The summed E-state index contributed by atoms with van der Waals surface area (Å²) in [4.78, 5) is 33.4. The Kier molecular flexibility index (Phi) is 9.41. The van der Waals surface area contributed by atoms with Gasteiger partial charge in [-0.05, 0) is 18.8 Å². The highest BCUT2D eigenvalue weighted by Crippen LogP contribution is 2.07. The van der Waals surface area contributed by atoms with E-state index < -0.39 is 12.0 Å². The molecular weight excluding hydrogens is 262 g/mol. The van der Waals surface area contributed by atoms with Crippen molar-refractivity contribution in [3.8, 4) is 0 Å². The molecule has 20 heavy (non-hydrogen) atoms. The zero-order valence-corrected chi connectivity index (χ0v) is 12.5. The van der Waals surface area contributed by atoms with E-state index in [1.807, 2.05) is 0 Å². The molecular formula is C14H25NO5. The Hall–Kier alpha value is -1.59. The standard InChI is InChI=1S/C14H25NO5/c1-10(2)13(14(18)19)15-11(16)8-6-4-5-7-9-12(17)20-3/h10,13H,4-9H2,1-3H3,(H,15,16)(H,18,19)/t13-/m0/s1. The van der Waals surface area contributed by atoms with Crippen LogP contribution in [0.5, 0.6) is 0 Å². The number of carbonyl (C=O) groups is 3. The van der Waals surface area contributed by atoms with Crippen LogP contribution < -0.4 is 5.32 Å². The molecule has 0 aromatic rings. The Bertz CT molecular complexity index is 328. The number of aliphatic carboxylic acids is 1. The molecule has 6 nitrogen and oxygen atoms in total. The predicted molar refractivity (Wildman–Crippen MR) is 74.1 cm³/mol. The van der Waals surface area contributed by atoms with Crippen molar-refractivity contribution in [2.24, 2.45) is 5.92 Å². The first-order valence-corrected chi connectivity index (χ1v) is 6.97. The molecule has 1 atom stereocenters. The van der Waals surface area contributed by atoms with Crippen LogP contribution in [0.2, 0.25) is 0 Å². The number of hydrogen-bond donors (Lipinski definition) is 2. The minimum absolute atomic E-state index is 0.142. The number of amides is 1. The highest BCUT2D eigenvalue weighted by atomic mass is 16.5. The zero-order valence-electron chi connectivity index (χ0n) is 12.5. The number of carboxylic acid groups (broad SMARTS) is 1. The van der Waals surface area contributed by atoms with Gasteiger partial charge in [0.15, 0.2) is 0 Å². The number of ether oxygens (including phenoxy) is 1. The summed E-state index contributed by atoms with van der Waals surface area (Å²) in [6.45, 7) is 3.51. The lowest BCUT2D eigenvalue weighted by Gasteiger charge is -2.17. The average molecular weight is 287 g/mol. The molecule has 0 aromatic carbocycles. The molecule has 0 rings (SSSR count). The summed E-state index contributed by atoms with van der Waals surface area (Å²) < 4.78 is 4.52. The van der Waals surface area contributed by atoms with Crippen LogP contribution >= 0.6 is 0 Å². The molecule has 116 valence electrons. The van der Waals surface area contributed by atoms with Gasteiger partial charge < -0.3 is 15.2 Å². The van der Waals surface area contributed by atoms with Crippen molar-refractivity contribution >= 4 is 17.8 Å². The molecule has 0 radical (unpaired) electrons. The van der Waals surface area contributed by atoms with E-state index in [1.54, 1.807) is 13.8 Å². The number of nitrogens with one attached hydrogen (secondary N) is 1. The second-order valence-electron chi connectivity index (χ2n) is 5.12. The highest BCUT2D eigenvalue weighted by molar-refractivity contribution is 5.83. The molecule has 0 unspecified atom stereocenters. The van der Waals surface area contributed by atoms with E-state index in [0.29, 0.717) is 19.3 Å². The van der Waals surface area contributed by atoms with Gasteiger partial charge in [0, 0.05) is 12.8 Å². The number of methoxy groups -OCH3 is 1. The Balaban J connectivity index is 3.73. The summed E-state index contributed by atoms with van der Waals surface area (Å²) in [5, 5.41) is 11.5. The van der Waals surface area contributed by atoms with Crippen LogP contribution in [0.25, 0.3) is 0 Å². The van der Waals surface area contributed by atoms with E-state index in [9.17, 15) is 14.4 Å². The third kappa shape index (κ3) is 8.50.